The molecule has 2 aliphatic heterocycles. The second-order valence-corrected chi connectivity index (χ2v) is 12.8. The second kappa shape index (κ2) is 13.0. The average Bonchev–Trinajstić information content (AvgIpc) is 3.55. The van der Waals surface area contributed by atoms with Gasteiger partial charge in [0.1, 0.15) is 6.04 Å². The molecule has 3 heterocycles. The Morgan fingerprint density at radius 1 is 0.976 bits per heavy atom. The van der Waals surface area contributed by atoms with Crippen molar-refractivity contribution in [3.8, 4) is 0 Å². The largest absolute Gasteiger partial charge is 0.343 e. The molecule has 1 aromatic heterocycles. The first kappa shape index (κ1) is 28.9. The molecule has 2 fully saturated rings. The number of carbonyl (C=O) groups is 2. The van der Waals surface area contributed by atoms with Gasteiger partial charge in [0.25, 0.3) is 0 Å². The van der Waals surface area contributed by atoms with Crippen molar-refractivity contribution in [1.82, 2.24) is 30.5 Å². The number of nitrogens with one attached hydrogen (secondary N) is 2. The van der Waals surface area contributed by atoms with Gasteiger partial charge in [0.15, 0.2) is 0 Å². The van der Waals surface area contributed by atoms with Crippen LogP contribution in [0.15, 0.2) is 60.9 Å². The fourth-order valence-corrected chi connectivity index (χ4v) is 7.50. The minimum Gasteiger partial charge on any atom is -0.343 e. The standard InChI is InChI=1S/C33H41ClN6O2/c34-28-12-10-24(11-13-28)20-30(38-31(41)29-21-25-6-4-5-7-26(25)22-35-29)32(42)39-18-14-33(15-19-39,23-40-36-16-17-37-40)27-8-2-1-3-9-27/h4-7,10-13,16-17,27,29-30,35H,1-3,8-9,14-15,18-23H2,(H,38,41). The first-order chi connectivity index (χ1) is 20.5. The Balaban J connectivity index is 1.17. The van der Waals surface area contributed by atoms with Gasteiger partial charge >= 0.3 is 0 Å². The molecular weight excluding hydrogens is 548 g/mol. The van der Waals surface area contributed by atoms with Gasteiger partial charge in [-0.25, -0.2) is 0 Å². The SMILES string of the molecule is O=C(NC(Cc1ccc(Cl)cc1)C(=O)N1CCC(Cn2nccn2)(C2CCCCC2)CC1)C1Cc2ccccc2CN1. The van der Waals surface area contributed by atoms with Crippen molar-refractivity contribution in [2.45, 2.75) is 83.0 Å². The summed E-state index contributed by atoms with van der Waals surface area (Å²) in [4.78, 5) is 31.5. The number of rotatable bonds is 8. The number of hydrogen-bond acceptors (Lipinski definition) is 5. The number of hydrogen-bond donors (Lipinski definition) is 2. The molecule has 42 heavy (non-hydrogen) atoms. The maximum absolute atomic E-state index is 14.1. The first-order valence-corrected chi connectivity index (χ1v) is 15.8. The zero-order chi connectivity index (χ0) is 28.9. The first-order valence-electron chi connectivity index (χ1n) is 15.5. The Morgan fingerprint density at radius 3 is 2.38 bits per heavy atom. The van der Waals surface area contributed by atoms with Crippen LogP contribution in [-0.2, 0) is 35.5 Å². The van der Waals surface area contributed by atoms with Crippen LogP contribution in [0.2, 0.25) is 5.02 Å². The van der Waals surface area contributed by atoms with Crippen molar-refractivity contribution in [3.05, 3.63) is 82.6 Å². The van der Waals surface area contributed by atoms with E-state index in [9.17, 15) is 9.59 Å². The van der Waals surface area contributed by atoms with Gasteiger partial charge in [0.05, 0.1) is 25.0 Å². The fourth-order valence-electron chi connectivity index (χ4n) is 7.38. The van der Waals surface area contributed by atoms with E-state index in [1.807, 2.05) is 46.1 Å². The summed E-state index contributed by atoms with van der Waals surface area (Å²) >= 11 is 6.14. The highest BCUT2D eigenvalue weighted by molar-refractivity contribution is 6.30. The third-order valence-electron chi connectivity index (χ3n) is 9.83. The molecular formula is C33H41ClN6O2. The van der Waals surface area contributed by atoms with Crippen molar-refractivity contribution in [2.24, 2.45) is 11.3 Å². The monoisotopic (exact) mass is 588 g/mol. The molecule has 2 N–H and O–H groups in total. The van der Waals surface area contributed by atoms with Crippen LogP contribution in [0.4, 0.5) is 0 Å². The van der Waals surface area contributed by atoms with E-state index in [1.165, 1.54) is 43.2 Å². The molecule has 0 radical (unpaired) electrons. The smallest absolute Gasteiger partial charge is 0.245 e. The van der Waals surface area contributed by atoms with Gasteiger partial charge in [-0.3, -0.25) is 9.59 Å². The van der Waals surface area contributed by atoms with Crippen molar-refractivity contribution in [2.75, 3.05) is 13.1 Å². The summed E-state index contributed by atoms with van der Waals surface area (Å²) in [6.07, 6.45) is 12.7. The normalized spacial score (nSPS) is 21.4. The van der Waals surface area contributed by atoms with E-state index in [0.29, 0.717) is 43.4 Å². The lowest BCUT2D eigenvalue weighted by molar-refractivity contribution is -0.140. The van der Waals surface area contributed by atoms with Crippen LogP contribution in [0.3, 0.4) is 0 Å². The molecule has 8 nitrogen and oxygen atoms in total. The molecule has 1 aliphatic carbocycles. The lowest BCUT2D eigenvalue weighted by atomic mass is 9.63. The van der Waals surface area contributed by atoms with Crippen LogP contribution in [0.5, 0.6) is 0 Å². The molecule has 9 heteroatoms. The zero-order valence-electron chi connectivity index (χ0n) is 24.2. The lowest BCUT2D eigenvalue weighted by Gasteiger charge is -2.48. The van der Waals surface area contributed by atoms with Crippen molar-refractivity contribution in [1.29, 1.82) is 0 Å². The summed E-state index contributed by atoms with van der Waals surface area (Å²) in [6, 6.07) is 14.7. The predicted molar refractivity (Wildman–Crippen MR) is 163 cm³/mol. The second-order valence-electron chi connectivity index (χ2n) is 12.4. The molecule has 2 amide bonds. The molecule has 1 saturated carbocycles. The molecule has 0 spiro atoms. The molecule has 3 aromatic rings. The van der Waals surface area contributed by atoms with Gasteiger partial charge in [-0.05, 0) is 72.3 Å². The predicted octanol–water partition coefficient (Wildman–Crippen LogP) is 4.56. The number of likely N-dealkylation sites (tertiary alicyclic amines) is 1. The summed E-state index contributed by atoms with van der Waals surface area (Å²) in [5, 5.41) is 16.0. The Bertz CT molecular complexity index is 1350. The van der Waals surface area contributed by atoms with Crippen LogP contribution in [0.25, 0.3) is 0 Å². The molecule has 2 unspecified atom stereocenters. The number of fused-ring (bicyclic) bond motifs is 1. The highest BCUT2D eigenvalue weighted by Crippen LogP contribution is 2.47. The molecule has 2 aromatic carbocycles. The van der Waals surface area contributed by atoms with Crippen molar-refractivity contribution < 1.29 is 9.59 Å². The maximum atomic E-state index is 14.1. The molecule has 222 valence electrons. The van der Waals surface area contributed by atoms with Crippen LogP contribution in [0, 0.1) is 11.3 Å². The molecule has 0 bridgehead atoms. The van der Waals surface area contributed by atoms with Gasteiger partial charge in [0, 0.05) is 31.1 Å². The number of piperidine rings is 1. The minimum absolute atomic E-state index is 0.0102. The number of aromatic nitrogens is 3. The number of benzene rings is 2. The van der Waals surface area contributed by atoms with Crippen LogP contribution in [0.1, 0.15) is 61.6 Å². The fraction of sp³-hybridized carbons (Fsp3) is 0.515. The maximum Gasteiger partial charge on any atom is 0.245 e. The zero-order valence-corrected chi connectivity index (χ0v) is 24.9. The van der Waals surface area contributed by atoms with E-state index in [1.54, 1.807) is 12.4 Å². The van der Waals surface area contributed by atoms with Gasteiger partial charge in [-0.15, -0.1) is 0 Å². The average molecular weight is 589 g/mol. The van der Waals surface area contributed by atoms with Crippen molar-refractivity contribution in [3.63, 3.8) is 0 Å². The third kappa shape index (κ3) is 6.55. The van der Waals surface area contributed by atoms with Gasteiger partial charge in [-0.2, -0.15) is 15.0 Å². The highest BCUT2D eigenvalue weighted by atomic mass is 35.5. The highest BCUT2D eigenvalue weighted by Gasteiger charge is 2.44. The summed E-state index contributed by atoms with van der Waals surface area (Å²) in [6.45, 7) is 2.80. The van der Waals surface area contributed by atoms with Crippen LogP contribution >= 0.6 is 11.6 Å². The van der Waals surface area contributed by atoms with E-state index in [0.717, 1.165) is 24.9 Å². The van der Waals surface area contributed by atoms with Gasteiger partial charge < -0.3 is 15.5 Å². The summed E-state index contributed by atoms with van der Waals surface area (Å²) in [7, 11) is 0. The number of nitrogens with zero attached hydrogens (tertiary/aromatic N) is 4. The molecule has 6 rings (SSSR count). The van der Waals surface area contributed by atoms with Crippen molar-refractivity contribution >= 4 is 23.4 Å². The summed E-state index contributed by atoms with van der Waals surface area (Å²) in [5.41, 5.74) is 3.46. The summed E-state index contributed by atoms with van der Waals surface area (Å²) < 4.78 is 0. The molecule has 3 aliphatic rings. The quantitative estimate of drug-likeness (QED) is 0.402. The Morgan fingerprint density at radius 2 is 1.67 bits per heavy atom. The summed E-state index contributed by atoms with van der Waals surface area (Å²) in [5.74, 6) is 0.485. The number of amides is 2. The van der Waals surface area contributed by atoms with E-state index in [-0.39, 0.29) is 23.3 Å². The van der Waals surface area contributed by atoms with Crippen LogP contribution < -0.4 is 10.6 Å². The van der Waals surface area contributed by atoms with Gasteiger partial charge in [-0.1, -0.05) is 67.3 Å². The number of carbonyl (C=O) groups excluding carboxylic acids is 2. The Hall–Kier alpha value is -3.23. The van der Waals surface area contributed by atoms with E-state index in [2.05, 4.69) is 33.0 Å². The Kier molecular flexibility index (Phi) is 8.91. The Labute approximate surface area is 253 Å². The molecule has 1 saturated heterocycles. The third-order valence-corrected chi connectivity index (χ3v) is 10.1. The minimum atomic E-state index is -0.646. The molecule has 2 atom stereocenters. The van der Waals surface area contributed by atoms with Gasteiger partial charge in [0.2, 0.25) is 11.8 Å². The lowest BCUT2D eigenvalue weighted by Crippen LogP contribution is -2.57. The number of halogens is 1. The topological polar surface area (TPSA) is 92.2 Å². The van der Waals surface area contributed by atoms with Crippen LogP contribution in [-0.4, -0.2) is 56.9 Å². The van der Waals surface area contributed by atoms with E-state index < -0.39 is 6.04 Å². The van der Waals surface area contributed by atoms with E-state index in [4.69, 9.17) is 11.6 Å². The van der Waals surface area contributed by atoms with E-state index >= 15 is 0 Å².